The van der Waals surface area contributed by atoms with Gasteiger partial charge in [0.05, 0.1) is 0 Å². The van der Waals surface area contributed by atoms with Gasteiger partial charge in [-0.2, -0.15) is 0 Å². The molecule has 1 N–H and O–H groups in total. The first-order chi connectivity index (χ1) is 8.47. The predicted octanol–water partition coefficient (Wildman–Crippen LogP) is 2.71. The van der Waals surface area contributed by atoms with Gasteiger partial charge in [0, 0.05) is 18.8 Å². The van der Waals surface area contributed by atoms with Gasteiger partial charge in [0.1, 0.15) is 5.82 Å². The summed E-state index contributed by atoms with van der Waals surface area (Å²) in [6.07, 6.45) is 1.63. The van der Waals surface area contributed by atoms with Crippen LogP contribution < -0.4 is 5.56 Å². The number of rotatable bonds is 2. The van der Waals surface area contributed by atoms with E-state index in [-0.39, 0.29) is 11.4 Å². The lowest BCUT2D eigenvalue weighted by Gasteiger charge is -2.09. The summed E-state index contributed by atoms with van der Waals surface area (Å²) in [5.41, 5.74) is 1.96. The molecule has 5 heteroatoms. The Morgan fingerprint density at radius 1 is 1.33 bits per heavy atom. The van der Waals surface area contributed by atoms with Crippen molar-refractivity contribution in [3.05, 3.63) is 62.0 Å². The van der Waals surface area contributed by atoms with Crippen molar-refractivity contribution in [2.24, 2.45) is 0 Å². The van der Waals surface area contributed by atoms with Gasteiger partial charge in [-0.15, -0.1) is 0 Å². The summed E-state index contributed by atoms with van der Waals surface area (Å²) < 4.78 is 15.6. The molecule has 0 fully saturated rings. The Bertz CT molecular complexity index is 680. The SMILES string of the molecule is Cc1cc(Cn2ccc(=O)[nH]c2=S)cc(C)c1F. The lowest BCUT2D eigenvalue weighted by atomic mass is 10.1. The normalized spacial score (nSPS) is 10.6. The first kappa shape index (κ1) is 12.7. The van der Waals surface area contributed by atoms with Gasteiger partial charge in [-0.05, 0) is 42.8 Å². The average molecular weight is 264 g/mol. The number of aromatic nitrogens is 2. The maximum Gasteiger partial charge on any atom is 0.251 e. The fourth-order valence-corrected chi connectivity index (χ4v) is 2.12. The fourth-order valence-electron chi connectivity index (χ4n) is 1.89. The number of aromatic amines is 1. The van der Waals surface area contributed by atoms with Crippen LogP contribution >= 0.6 is 12.2 Å². The standard InChI is InChI=1S/C13H13FN2OS/c1-8-5-10(6-9(2)12(8)14)7-16-4-3-11(17)15-13(16)18/h3-6H,7H2,1-2H3,(H,15,17,18). The minimum absolute atomic E-state index is 0.177. The van der Waals surface area contributed by atoms with Gasteiger partial charge in [0.15, 0.2) is 4.77 Å². The zero-order chi connectivity index (χ0) is 13.3. The van der Waals surface area contributed by atoms with E-state index in [4.69, 9.17) is 12.2 Å². The highest BCUT2D eigenvalue weighted by Gasteiger charge is 2.05. The van der Waals surface area contributed by atoms with Gasteiger partial charge in [-0.25, -0.2) is 4.39 Å². The second kappa shape index (κ2) is 4.86. The highest BCUT2D eigenvalue weighted by atomic mass is 32.1. The quantitative estimate of drug-likeness (QED) is 0.847. The number of H-pyrrole nitrogens is 1. The minimum Gasteiger partial charge on any atom is -0.321 e. The van der Waals surface area contributed by atoms with Crippen LogP contribution in [0.1, 0.15) is 16.7 Å². The first-order valence-electron chi connectivity index (χ1n) is 5.53. The largest absolute Gasteiger partial charge is 0.321 e. The molecule has 1 heterocycles. The van der Waals surface area contributed by atoms with E-state index >= 15 is 0 Å². The molecule has 3 nitrogen and oxygen atoms in total. The summed E-state index contributed by atoms with van der Waals surface area (Å²) in [4.78, 5) is 13.6. The molecule has 0 atom stereocenters. The van der Waals surface area contributed by atoms with Gasteiger partial charge < -0.3 is 4.57 Å². The van der Waals surface area contributed by atoms with Gasteiger partial charge in [0.25, 0.3) is 5.56 Å². The number of nitrogens with one attached hydrogen (secondary N) is 1. The second-order valence-electron chi connectivity index (χ2n) is 4.28. The molecule has 0 bridgehead atoms. The van der Waals surface area contributed by atoms with Gasteiger partial charge in [-0.3, -0.25) is 9.78 Å². The van der Waals surface area contributed by atoms with Crippen molar-refractivity contribution in [3.63, 3.8) is 0 Å². The molecule has 0 saturated carbocycles. The van der Waals surface area contributed by atoms with E-state index in [9.17, 15) is 9.18 Å². The van der Waals surface area contributed by atoms with E-state index in [0.717, 1.165) is 5.56 Å². The molecule has 0 aliphatic rings. The Balaban J connectivity index is 2.40. The monoisotopic (exact) mass is 264 g/mol. The molecule has 0 aliphatic heterocycles. The maximum atomic E-state index is 13.5. The van der Waals surface area contributed by atoms with Crippen LogP contribution in [0, 0.1) is 24.4 Å². The van der Waals surface area contributed by atoms with Gasteiger partial charge in [-0.1, -0.05) is 12.1 Å². The van der Waals surface area contributed by atoms with E-state index in [2.05, 4.69) is 4.98 Å². The van der Waals surface area contributed by atoms with Crippen molar-refractivity contribution < 1.29 is 4.39 Å². The predicted molar refractivity (Wildman–Crippen MR) is 70.9 cm³/mol. The van der Waals surface area contributed by atoms with Crippen LogP contribution in [-0.4, -0.2) is 9.55 Å². The topological polar surface area (TPSA) is 37.8 Å². The van der Waals surface area contributed by atoms with Gasteiger partial charge in [0.2, 0.25) is 0 Å². The number of nitrogens with zero attached hydrogens (tertiary/aromatic N) is 1. The molecule has 0 amide bonds. The summed E-state index contributed by atoms with van der Waals surface area (Å²) in [5.74, 6) is -0.177. The van der Waals surface area contributed by atoms with Crippen LogP contribution in [0.4, 0.5) is 4.39 Å². The Kier molecular flexibility index (Phi) is 3.43. The van der Waals surface area contributed by atoms with Crippen molar-refractivity contribution in [2.45, 2.75) is 20.4 Å². The Hall–Kier alpha value is -1.75. The van der Waals surface area contributed by atoms with Crippen molar-refractivity contribution in [1.82, 2.24) is 9.55 Å². The molecular weight excluding hydrogens is 251 g/mol. The van der Waals surface area contributed by atoms with E-state index in [0.29, 0.717) is 22.4 Å². The number of hydrogen-bond acceptors (Lipinski definition) is 2. The van der Waals surface area contributed by atoms with Crippen LogP contribution in [0.25, 0.3) is 0 Å². The van der Waals surface area contributed by atoms with Crippen molar-refractivity contribution >= 4 is 12.2 Å². The molecule has 2 rings (SSSR count). The summed E-state index contributed by atoms with van der Waals surface area (Å²) in [5, 5.41) is 0. The molecule has 0 saturated heterocycles. The van der Waals surface area contributed by atoms with Crippen LogP contribution in [0.3, 0.4) is 0 Å². The lowest BCUT2D eigenvalue weighted by Crippen LogP contribution is -2.12. The third kappa shape index (κ3) is 2.56. The maximum absolute atomic E-state index is 13.5. The highest BCUT2D eigenvalue weighted by Crippen LogP contribution is 2.15. The number of hydrogen-bond donors (Lipinski definition) is 1. The number of halogens is 1. The number of benzene rings is 1. The van der Waals surface area contributed by atoms with Crippen molar-refractivity contribution in [2.75, 3.05) is 0 Å². The molecule has 18 heavy (non-hydrogen) atoms. The van der Waals surface area contributed by atoms with Crippen LogP contribution in [0.5, 0.6) is 0 Å². The van der Waals surface area contributed by atoms with E-state index in [1.54, 1.807) is 36.7 Å². The average Bonchev–Trinajstić information content (AvgIpc) is 2.29. The summed E-state index contributed by atoms with van der Waals surface area (Å²) in [7, 11) is 0. The van der Waals surface area contributed by atoms with Crippen molar-refractivity contribution in [1.29, 1.82) is 0 Å². The highest BCUT2D eigenvalue weighted by molar-refractivity contribution is 7.71. The number of aryl methyl sites for hydroxylation is 2. The van der Waals surface area contributed by atoms with Crippen LogP contribution in [0.15, 0.2) is 29.2 Å². The molecule has 1 aromatic heterocycles. The first-order valence-corrected chi connectivity index (χ1v) is 5.93. The smallest absolute Gasteiger partial charge is 0.251 e. The second-order valence-corrected chi connectivity index (χ2v) is 4.67. The van der Waals surface area contributed by atoms with E-state index < -0.39 is 0 Å². The third-order valence-corrected chi connectivity index (χ3v) is 3.08. The molecule has 0 radical (unpaired) electrons. The Morgan fingerprint density at radius 2 is 1.94 bits per heavy atom. The van der Waals surface area contributed by atoms with Crippen molar-refractivity contribution in [3.8, 4) is 0 Å². The van der Waals surface area contributed by atoms with E-state index in [1.807, 2.05) is 0 Å². The van der Waals surface area contributed by atoms with Crippen LogP contribution in [0.2, 0.25) is 0 Å². The lowest BCUT2D eigenvalue weighted by molar-refractivity contribution is 0.607. The Labute approximate surface area is 109 Å². The molecule has 94 valence electrons. The summed E-state index contributed by atoms with van der Waals surface area (Å²) >= 11 is 5.06. The van der Waals surface area contributed by atoms with Crippen LogP contribution in [-0.2, 0) is 6.54 Å². The molecule has 0 unspecified atom stereocenters. The minimum atomic E-state index is -0.220. The fraction of sp³-hybridized carbons (Fsp3) is 0.231. The third-order valence-electron chi connectivity index (χ3n) is 2.75. The summed E-state index contributed by atoms with van der Waals surface area (Å²) in [6.45, 7) is 3.98. The molecule has 1 aromatic carbocycles. The van der Waals surface area contributed by atoms with Gasteiger partial charge >= 0.3 is 0 Å². The summed E-state index contributed by atoms with van der Waals surface area (Å²) in [6, 6.07) is 4.99. The molecule has 2 aromatic rings. The molecular formula is C13H13FN2OS. The molecule has 0 spiro atoms. The Morgan fingerprint density at radius 3 is 2.50 bits per heavy atom. The molecule has 0 aliphatic carbocycles. The zero-order valence-electron chi connectivity index (χ0n) is 10.2. The zero-order valence-corrected chi connectivity index (χ0v) is 11.0. The van der Waals surface area contributed by atoms with E-state index in [1.165, 1.54) is 6.07 Å².